The van der Waals surface area contributed by atoms with Crippen molar-refractivity contribution in [2.24, 2.45) is 11.8 Å². The number of nitrogens with zero attached hydrogens (tertiary/aromatic N) is 2. The van der Waals surface area contributed by atoms with Crippen molar-refractivity contribution >= 4 is 17.8 Å². The molecule has 2 saturated heterocycles. The molecule has 0 saturated carbocycles. The van der Waals surface area contributed by atoms with Crippen molar-refractivity contribution in [1.82, 2.24) is 9.80 Å². The van der Waals surface area contributed by atoms with Gasteiger partial charge in [-0.15, -0.1) is 0 Å². The molecule has 6 nitrogen and oxygen atoms in total. The SMILES string of the molecule is CC(C)C(C(=O)N1CCC(C(=O)O)CC1)N1CCCC1=O. The van der Waals surface area contributed by atoms with Crippen molar-refractivity contribution in [3.05, 3.63) is 0 Å². The summed E-state index contributed by atoms with van der Waals surface area (Å²) in [7, 11) is 0. The van der Waals surface area contributed by atoms with Crippen LogP contribution < -0.4 is 0 Å². The summed E-state index contributed by atoms with van der Waals surface area (Å²) < 4.78 is 0. The van der Waals surface area contributed by atoms with Crippen LogP contribution in [0.1, 0.15) is 39.5 Å². The Bertz CT molecular complexity index is 427. The van der Waals surface area contributed by atoms with Crippen molar-refractivity contribution in [3.63, 3.8) is 0 Å². The summed E-state index contributed by atoms with van der Waals surface area (Å²) in [4.78, 5) is 39.1. The van der Waals surface area contributed by atoms with Gasteiger partial charge in [-0.05, 0) is 25.2 Å². The highest BCUT2D eigenvalue weighted by atomic mass is 16.4. The molecular formula is C15H24N2O4. The molecule has 2 amide bonds. The van der Waals surface area contributed by atoms with Crippen LogP contribution in [0.2, 0.25) is 0 Å². The molecule has 21 heavy (non-hydrogen) atoms. The molecule has 2 rings (SSSR count). The van der Waals surface area contributed by atoms with Crippen LogP contribution in [-0.4, -0.2) is 58.4 Å². The fourth-order valence-electron chi connectivity index (χ4n) is 3.28. The number of aliphatic carboxylic acids is 1. The summed E-state index contributed by atoms with van der Waals surface area (Å²) in [5.41, 5.74) is 0. The number of carbonyl (C=O) groups is 3. The van der Waals surface area contributed by atoms with Gasteiger partial charge in [0.1, 0.15) is 6.04 Å². The van der Waals surface area contributed by atoms with Gasteiger partial charge in [-0.3, -0.25) is 14.4 Å². The molecule has 118 valence electrons. The van der Waals surface area contributed by atoms with E-state index in [0.29, 0.717) is 38.9 Å². The van der Waals surface area contributed by atoms with Crippen LogP contribution in [0.5, 0.6) is 0 Å². The molecule has 0 aromatic rings. The number of likely N-dealkylation sites (tertiary alicyclic amines) is 2. The monoisotopic (exact) mass is 296 g/mol. The van der Waals surface area contributed by atoms with E-state index in [1.807, 2.05) is 13.8 Å². The molecule has 0 aliphatic carbocycles. The van der Waals surface area contributed by atoms with Gasteiger partial charge in [0, 0.05) is 26.1 Å². The maximum atomic E-state index is 12.7. The molecule has 0 radical (unpaired) electrons. The molecule has 2 aliphatic rings. The van der Waals surface area contributed by atoms with E-state index >= 15 is 0 Å². The molecule has 0 spiro atoms. The van der Waals surface area contributed by atoms with Crippen molar-refractivity contribution in [1.29, 1.82) is 0 Å². The minimum Gasteiger partial charge on any atom is -0.481 e. The van der Waals surface area contributed by atoms with Gasteiger partial charge in [0.25, 0.3) is 0 Å². The zero-order chi connectivity index (χ0) is 15.6. The zero-order valence-electron chi connectivity index (χ0n) is 12.7. The van der Waals surface area contributed by atoms with Crippen LogP contribution in [0.25, 0.3) is 0 Å². The van der Waals surface area contributed by atoms with Crippen LogP contribution in [0.4, 0.5) is 0 Å². The van der Waals surface area contributed by atoms with E-state index in [2.05, 4.69) is 0 Å². The normalized spacial score (nSPS) is 22.0. The quantitative estimate of drug-likeness (QED) is 0.838. The third-order valence-corrected chi connectivity index (χ3v) is 4.49. The number of piperidine rings is 1. The van der Waals surface area contributed by atoms with E-state index in [4.69, 9.17) is 5.11 Å². The molecule has 6 heteroatoms. The van der Waals surface area contributed by atoms with Crippen LogP contribution >= 0.6 is 0 Å². The molecule has 2 heterocycles. The van der Waals surface area contributed by atoms with Gasteiger partial charge >= 0.3 is 5.97 Å². The molecule has 2 fully saturated rings. The topological polar surface area (TPSA) is 77.9 Å². The summed E-state index contributed by atoms with van der Waals surface area (Å²) in [5, 5.41) is 9.01. The smallest absolute Gasteiger partial charge is 0.306 e. The van der Waals surface area contributed by atoms with E-state index in [1.165, 1.54) is 0 Å². The van der Waals surface area contributed by atoms with Crippen molar-refractivity contribution in [3.8, 4) is 0 Å². The van der Waals surface area contributed by atoms with Crippen LogP contribution in [0.3, 0.4) is 0 Å². The van der Waals surface area contributed by atoms with E-state index in [0.717, 1.165) is 6.42 Å². The summed E-state index contributed by atoms with van der Waals surface area (Å²) in [5.74, 6) is -1.03. The molecule has 2 aliphatic heterocycles. The van der Waals surface area contributed by atoms with E-state index in [9.17, 15) is 14.4 Å². The lowest BCUT2D eigenvalue weighted by molar-refractivity contribution is -0.149. The Morgan fingerprint density at radius 2 is 1.81 bits per heavy atom. The van der Waals surface area contributed by atoms with Crippen molar-refractivity contribution in [2.75, 3.05) is 19.6 Å². The maximum absolute atomic E-state index is 12.7. The average molecular weight is 296 g/mol. The van der Waals surface area contributed by atoms with Crippen LogP contribution in [-0.2, 0) is 14.4 Å². The molecule has 0 aromatic heterocycles. The summed E-state index contributed by atoms with van der Waals surface area (Å²) >= 11 is 0. The standard InChI is InChI=1S/C15H24N2O4/c1-10(2)13(17-7-3-4-12(17)18)14(19)16-8-5-11(6-9-16)15(20)21/h10-11,13H,3-9H2,1-2H3,(H,20,21). The Labute approximate surface area is 125 Å². The van der Waals surface area contributed by atoms with Gasteiger partial charge in [0.05, 0.1) is 5.92 Å². The van der Waals surface area contributed by atoms with Gasteiger partial charge in [-0.1, -0.05) is 13.8 Å². The Kier molecular flexibility index (Phi) is 4.85. The number of hydrogen-bond acceptors (Lipinski definition) is 3. The third-order valence-electron chi connectivity index (χ3n) is 4.49. The first-order chi connectivity index (χ1) is 9.91. The van der Waals surface area contributed by atoms with Gasteiger partial charge in [0.15, 0.2) is 0 Å². The number of carboxylic acid groups (broad SMARTS) is 1. The molecule has 0 aromatic carbocycles. The Hall–Kier alpha value is -1.59. The molecular weight excluding hydrogens is 272 g/mol. The highest BCUT2D eigenvalue weighted by Gasteiger charge is 2.38. The Morgan fingerprint density at radius 1 is 1.19 bits per heavy atom. The molecule has 1 atom stereocenters. The van der Waals surface area contributed by atoms with E-state index in [1.54, 1.807) is 9.80 Å². The molecule has 1 unspecified atom stereocenters. The molecule has 0 bridgehead atoms. The number of carboxylic acids is 1. The van der Waals surface area contributed by atoms with Gasteiger partial charge in [0.2, 0.25) is 11.8 Å². The maximum Gasteiger partial charge on any atom is 0.306 e. The van der Waals surface area contributed by atoms with Gasteiger partial charge in [-0.2, -0.15) is 0 Å². The zero-order valence-corrected chi connectivity index (χ0v) is 12.7. The lowest BCUT2D eigenvalue weighted by Crippen LogP contribution is -2.53. The fourth-order valence-corrected chi connectivity index (χ4v) is 3.28. The van der Waals surface area contributed by atoms with E-state index < -0.39 is 12.0 Å². The average Bonchev–Trinajstić information content (AvgIpc) is 2.85. The number of amides is 2. The highest BCUT2D eigenvalue weighted by molar-refractivity contribution is 5.89. The summed E-state index contributed by atoms with van der Waals surface area (Å²) in [6.45, 7) is 5.51. The minimum absolute atomic E-state index is 0.0240. The predicted molar refractivity (Wildman–Crippen MR) is 76.5 cm³/mol. The lowest BCUT2D eigenvalue weighted by Gasteiger charge is -2.37. The van der Waals surface area contributed by atoms with E-state index in [-0.39, 0.29) is 23.7 Å². The fraction of sp³-hybridized carbons (Fsp3) is 0.800. The summed E-state index contributed by atoms with van der Waals surface area (Å²) in [6, 6.07) is -0.402. The summed E-state index contributed by atoms with van der Waals surface area (Å²) in [6.07, 6.45) is 2.34. The van der Waals surface area contributed by atoms with Crippen molar-refractivity contribution < 1.29 is 19.5 Å². The number of hydrogen-bond donors (Lipinski definition) is 1. The van der Waals surface area contributed by atoms with Gasteiger partial charge < -0.3 is 14.9 Å². The number of rotatable bonds is 4. The Morgan fingerprint density at radius 3 is 2.24 bits per heavy atom. The largest absolute Gasteiger partial charge is 0.481 e. The second-order valence-electron chi connectivity index (χ2n) is 6.32. The Balaban J connectivity index is 2.03. The lowest BCUT2D eigenvalue weighted by atomic mass is 9.95. The first-order valence-corrected chi connectivity index (χ1v) is 7.73. The first kappa shape index (κ1) is 15.8. The molecule has 1 N–H and O–H groups in total. The number of carbonyl (C=O) groups excluding carboxylic acids is 2. The minimum atomic E-state index is -0.780. The van der Waals surface area contributed by atoms with Gasteiger partial charge in [-0.25, -0.2) is 0 Å². The second-order valence-corrected chi connectivity index (χ2v) is 6.32. The second kappa shape index (κ2) is 6.45. The van der Waals surface area contributed by atoms with Crippen LogP contribution in [0, 0.1) is 11.8 Å². The van der Waals surface area contributed by atoms with Crippen molar-refractivity contribution in [2.45, 2.75) is 45.6 Å². The first-order valence-electron chi connectivity index (χ1n) is 7.73. The predicted octanol–water partition coefficient (Wildman–Crippen LogP) is 0.957. The van der Waals surface area contributed by atoms with Crippen LogP contribution in [0.15, 0.2) is 0 Å². The third kappa shape index (κ3) is 3.36. The highest BCUT2D eigenvalue weighted by Crippen LogP contribution is 2.24.